The van der Waals surface area contributed by atoms with Gasteiger partial charge in [0.25, 0.3) is 0 Å². The smallest absolute Gasteiger partial charge is 0.222 e. The molecule has 1 saturated heterocycles. The topological polar surface area (TPSA) is 70.2 Å². The van der Waals surface area contributed by atoms with Crippen LogP contribution in [0.3, 0.4) is 0 Å². The number of rotatable bonds is 7. The van der Waals surface area contributed by atoms with Crippen LogP contribution in [-0.4, -0.2) is 38.0 Å². The van der Waals surface area contributed by atoms with E-state index in [1.807, 2.05) is 13.8 Å². The van der Waals surface area contributed by atoms with Crippen molar-refractivity contribution in [2.75, 3.05) is 26.2 Å². The summed E-state index contributed by atoms with van der Waals surface area (Å²) < 4.78 is 0. The van der Waals surface area contributed by atoms with Gasteiger partial charge in [-0.25, -0.2) is 0 Å². The van der Waals surface area contributed by atoms with E-state index < -0.39 is 0 Å². The molecule has 18 heavy (non-hydrogen) atoms. The summed E-state index contributed by atoms with van der Waals surface area (Å²) in [6, 6.07) is 0. The highest BCUT2D eigenvalue weighted by atomic mass is 16.2. The molecular formula is C13H25N3O2. The summed E-state index contributed by atoms with van der Waals surface area (Å²) in [6.07, 6.45) is 2.72. The molecule has 1 aliphatic rings. The van der Waals surface area contributed by atoms with Gasteiger partial charge in [-0.1, -0.05) is 13.8 Å². The SMILES string of the molecule is CC(C)C(=O)NCCNC(=O)CCC1CCNC1. The number of carbonyl (C=O) groups excluding carboxylic acids is 2. The van der Waals surface area contributed by atoms with E-state index in [4.69, 9.17) is 0 Å². The fourth-order valence-corrected chi connectivity index (χ4v) is 1.98. The Bertz CT molecular complexity index is 273. The first-order valence-corrected chi connectivity index (χ1v) is 6.84. The minimum Gasteiger partial charge on any atom is -0.354 e. The van der Waals surface area contributed by atoms with Crippen LogP contribution in [0, 0.1) is 11.8 Å². The van der Waals surface area contributed by atoms with Crippen LogP contribution in [-0.2, 0) is 9.59 Å². The minimum absolute atomic E-state index is 0.00410. The zero-order valence-electron chi connectivity index (χ0n) is 11.4. The van der Waals surface area contributed by atoms with E-state index in [0.717, 1.165) is 19.5 Å². The van der Waals surface area contributed by atoms with Crippen LogP contribution in [0.15, 0.2) is 0 Å². The van der Waals surface area contributed by atoms with Crippen LogP contribution in [0.2, 0.25) is 0 Å². The highest BCUT2D eigenvalue weighted by Gasteiger charge is 2.15. The second-order valence-corrected chi connectivity index (χ2v) is 5.19. The Balaban J connectivity index is 1.97. The molecule has 0 saturated carbocycles. The van der Waals surface area contributed by atoms with E-state index in [1.165, 1.54) is 6.42 Å². The molecule has 1 unspecified atom stereocenters. The predicted molar refractivity (Wildman–Crippen MR) is 71.1 cm³/mol. The van der Waals surface area contributed by atoms with Crippen molar-refractivity contribution in [3.05, 3.63) is 0 Å². The van der Waals surface area contributed by atoms with Gasteiger partial charge in [-0.15, -0.1) is 0 Å². The molecule has 5 nitrogen and oxygen atoms in total. The number of amides is 2. The van der Waals surface area contributed by atoms with E-state index in [9.17, 15) is 9.59 Å². The van der Waals surface area contributed by atoms with Crippen LogP contribution < -0.4 is 16.0 Å². The second kappa shape index (κ2) is 8.08. The van der Waals surface area contributed by atoms with Crippen LogP contribution in [0.5, 0.6) is 0 Å². The minimum atomic E-state index is -0.00410. The lowest BCUT2D eigenvalue weighted by Crippen LogP contribution is -2.36. The molecule has 3 N–H and O–H groups in total. The average molecular weight is 255 g/mol. The van der Waals surface area contributed by atoms with Gasteiger partial charge in [0, 0.05) is 25.4 Å². The molecule has 104 valence electrons. The molecule has 0 radical (unpaired) electrons. The molecule has 0 bridgehead atoms. The Labute approximate surface area is 109 Å². The lowest BCUT2D eigenvalue weighted by atomic mass is 10.0. The molecule has 1 rings (SSSR count). The van der Waals surface area contributed by atoms with Crippen LogP contribution >= 0.6 is 0 Å². The maximum Gasteiger partial charge on any atom is 0.222 e. The molecule has 5 heteroatoms. The van der Waals surface area contributed by atoms with Crippen molar-refractivity contribution in [2.24, 2.45) is 11.8 Å². The van der Waals surface area contributed by atoms with Gasteiger partial charge in [-0.3, -0.25) is 9.59 Å². The molecular weight excluding hydrogens is 230 g/mol. The van der Waals surface area contributed by atoms with Gasteiger partial charge in [0.2, 0.25) is 11.8 Å². The maximum absolute atomic E-state index is 11.5. The van der Waals surface area contributed by atoms with Gasteiger partial charge in [0.05, 0.1) is 0 Å². The summed E-state index contributed by atoms with van der Waals surface area (Å²) in [5, 5.41) is 8.89. The standard InChI is InChI=1S/C13H25N3O2/c1-10(2)13(18)16-8-7-15-12(17)4-3-11-5-6-14-9-11/h10-11,14H,3-9H2,1-2H3,(H,15,17)(H,16,18). The largest absolute Gasteiger partial charge is 0.354 e. The summed E-state index contributed by atoms with van der Waals surface area (Å²) in [6.45, 7) is 6.84. The Morgan fingerprint density at radius 2 is 2.00 bits per heavy atom. The van der Waals surface area contributed by atoms with E-state index in [1.54, 1.807) is 0 Å². The average Bonchev–Trinajstić information content (AvgIpc) is 2.84. The van der Waals surface area contributed by atoms with Crippen molar-refractivity contribution in [1.82, 2.24) is 16.0 Å². The number of nitrogens with one attached hydrogen (secondary N) is 3. The van der Waals surface area contributed by atoms with Crippen molar-refractivity contribution in [2.45, 2.75) is 33.1 Å². The predicted octanol–water partition coefficient (Wildman–Crippen LogP) is 0.265. The van der Waals surface area contributed by atoms with Crippen LogP contribution in [0.25, 0.3) is 0 Å². The van der Waals surface area contributed by atoms with Crippen molar-refractivity contribution >= 4 is 11.8 Å². The molecule has 1 aliphatic heterocycles. The Morgan fingerprint density at radius 1 is 1.28 bits per heavy atom. The summed E-state index contributed by atoms with van der Waals surface area (Å²) in [4.78, 5) is 22.8. The third-order valence-corrected chi connectivity index (χ3v) is 3.21. The quantitative estimate of drug-likeness (QED) is 0.572. The molecule has 1 heterocycles. The van der Waals surface area contributed by atoms with Gasteiger partial charge in [0.1, 0.15) is 0 Å². The van der Waals surface area contributed by atoms with E-state index in [0.29, 0.717) is 25.4 Å². The number of hydrogen-bond donors (Lipinski definition) is 3. The zero-order valence-corrected chi connectivity index (χ0v) is 11.4. The fraction of sp³-hybridized carbons (Fsp3) is 0.846. The van der Waals surface area contributed by atoms with Crippen molar-refractivity contribution < 1.29 is 9.59 Å². The molecule has 1 fully saturated rings. The first-order chi connectivity index (χ1) is 8.59. The molecule has 0 aromatic carbocycles. The van der Waals surface area contributed by atoms with Crippen molar-refractivity contribution in [3.8, 4) is 0 Å². The Hall–Kier alpha value is -1.10. The Morgan fingerprint density at radius 3 is 2.61 bits per heavy atom. The normalized spacial score (nSPS) is 18.9. The van der Waals surface area contributed by atoms with Crippen LogP contribution in [0.1, 0.15) is 33.1 Å². The molecule has 2 amide bonds. The van der Waals surface area contributed by atoms with Gasteiger partial charge in [-0.2, -0.15) is 0 Å². The number of carbonyl (C=O) groups is 2. The lowest BCUT2D eigenvalue weighted by Gasteiger charge is -2.10. The van der Waals surface area contributed by atoms with Crippen molar-refractivity contribution in [3.63, 3.8) is 0 Å². The molecule has 0 aromatic heterocycles. The van der Waals surface area contributed by atoms with E-state index in [-0.39, 0.29) is 17.7 Å². The lowest BCUT2D eigenvalue weighted by molar-refractivity contribution is -0.124. The third-order valence-electron chi connectivity index (χ3n) is 3.21. The third kappa shape index (κ3) is 6.00. The summed E-state index contributed by atoms with van der Waals surface area (Å²) in [5.41, 5.74) is 0. The fourth-order valence-electron chi connectivity index (χ4n) is 1.98. The molecule has 0 aliphatic carbocycles. The summed E-state index contributed by atoms with van der Waals surface area (Å²) in [5.74, 6) is 0.758. The van der Waals surface area contributed by atoms with Gasteiger partial charge in [0.15, 0.2) is 0 Å². The van der Waals surface area contributed by atoms with Gasteiger partial charge in [-0.05, 0) is 31.8 Å². The van der Waals surface area contributed by atoms with Gasteiger partial charge >= 0.3 is 0 Å². The monoisotopic (exact) mass is 255 g/mol. The molecule has 0 aromatic rings. The highest BCUT2D eigenvalue weighted by molar-refractivity contribution is 5.78. The first-order valence-electron chi connectivity index (χ1n) is 6.84. The second-order valence-electron chi connectivity index (χ2n) is 5.19. The van der Waals surface area contributed by atoms with E-state index in [2.05, 4.69) is 16.0 Å². The number of hydrogen-bond acceptors (Lipinski definition) is 3. The summed E-state index contributed by atoms with van der Waals surface area (Å²) >= 11 is 0. The zero-order chi connectivity index (χ0) is 13.4. The van der Waals surface area contributed by atoms with Crippen LogP contribution in [0.4, 0.5) is 0 Å². The molecule has 1 atom stereocenters. The Kier molecular flexibility index (Phi) is 6.72. The van der Waals surface area contributed by atoms with Gasteiger partial charge < -0.3 is 16.0 Å². The van der Waals surface area contributed by atoms with Crippen molar-refractivity contribution in [1.29, 1.82) is 0 Å². The first kappa shape index (κ1) is 15.0. The molecule has 0 spiro atoms. The maximum atomic E-state index is 11.5. The van der Waals surface area contributed by atoms with E-state index >= 15 is 0 Å². The summed E-state index contributed by atoms with van der Waals surface area (Å²) in [7, 11) is 0. The highest BCUT2D eigenvalue weighted by Crippen LogP contribution is 2.13.